The third-order valence-electron chi connectivity index (χ3n) is 4.09. The summed E-state index contributed by atoms with van der Waals surface area (Å²) in [4.78, 5) is 28.9. The van der Waals surface area contributed by atoms with Gasteiger partial charge in [0.15, 0.2) is 0 Å². The second kappa shape index (κ2) is 7.51. The molecule has 1 amide bonds. The number of hydrogen-bond acceptors (Lipinski definition) is 5. The molecule has 0 unspecified atom stereocenters. The van der Waals surface area contributed by atoms with Crippen LogP contribution in [0, 0.1) is 12.7 Å². The smallest absolute Gasteiger partial charge is 0.276 e. The largest absolute Gasteiger partial charge is 0.441 e. The standard InChI is InChI=1S/C21H15FN4O3/c1-13-12-23-21(29-13)14-3-2-4-16(11-14)24-20(28)18-9-10-19(27)26(25-18)17-7-5-15(22)6-8-17/h2-12H,1H3,(H,24,28). The van der Waals surface area contributed by atoms with Crippen molar-refractivity contribution >= 4 is 11.6 Å². The lowest BCUT2D eigenvalue weighted by Gasteiger charge is -2.08. The minimum absolute atomic E-state index is 0.0336. The van der Waals surface area contributed by atoms with Gasteiger partial charge in [-0.15, -0.1) is 0 Å². The molecule has 2 aromatic carbocycles. The number of benzene rings is 2. The Morgan fingerprint density at radius 3 is 2.62 bits per heavy atom. The number of amides is 1. The van der Waals surface area contributed by atoms with Crippen LogP contribution in [-0.2, 0) is 0 Å². The molecule has 1 N–H and O–H groups in total. The van der Waals surface area contributed by atoms with Gasteiger partial charge in [-0.1, -0.05) is 6.07 Å². The van der Waals surface area contributed by atoms with Crippen LogP contribution < -0.4 is 10.9 Å². The number of carbonyl (C=O) groups excluding carboxylic acids is 1. The Hall–Kier alpha value is -4.07. The molecule has 7 nitrogen and oxygen atoms in total. The summed E-state index contributed by atoms with van der Waals surface area (Å²) in [6.07, 6.45) is 1.61. The van der Waals surface area contributed by atoms with E-state index in [1.54, 1.807) is 31.3 Å². The average Bonchev–Trinajstić information content (AvgIpc) is 3.16. The maximum Gasteiger partial charge on any atom is 0.276 e. The van der Waals surface area contributed by atoms with Crippen molar-refractivity contribution in [2.45, 2.75) is 6.92 Å². The van der Waals surface area contributed by atoms with Crippen LogP contribution in [0.4, 0.5) is 10.1 Å². The van der Waals surface area contributed by atoms with Crippen LogP contribution in [0.15, 0.2) is 76.1 Å². The van der Waals surface area contributed by atoms with Crippen LogP contribution >= 0.6 is 0 Å². The Morgan fingerprint density at radius 2 is 1.90 bits per heavy atom. The van der Waals surface area contributed by atoms with Gasteiger partial charge in [-0.25, -0.2) is 9.37 Å². The molecule has 0 fully saturated rings. The second-order valence-electron chi connectivity index (χ2n) is 6.26. The predicted octanol–water partition coefficient (Wildman–Crippen LogP) is 3.59. The Kier molecular flexibility index (Phi) is 4.74. The quantitative estimate of drug-likeness (QED) is 0.575. The molecule has 0 saturated heterocycles. The summed E-state index contributed by atoms with van der Waals surface area (Å²) in [5, 5.41) is 6.83. The second-order valence-corrected chi connectivity index (χ2v) is 6.26. The number of rotatable bonds is 4. The molecule has 0 spiro atoms. The molecular formula is C21H15FN4O3. The minimum atomic E-state index is -0.499. The first kappa shape index (κ1) is 18.3. The maximum atomic E-state index is 13.1. The van der Waals surface area contributed by atoms with Crippen molar-refractivity contribution in [2.75, 3.05) is 5.32 Å². The number of nitrogens with zero attached hydrogens (tertiary/aromatic N) is 3. The first-order chi connectivity index (χ1) is 14.0. The zero-order valence-electron chi connectivity index (χ0n) is 15.3. The van der Waals surface area contributed by atoms with E-state index in [2.05, 4.69) is 15.4 Å². The van der Waals surface area contributed by atoms with Gasteiger partial charge in [-0.3, -0.25) is 9.59 Å². The van der Waals surface area contributed by atoms with Gasteiger partial charge in [-0.05, 0) is 55.5 Å². The van der Waals surface area contributed by atoms with Crippen LogP contribution in [0.3, 0.4) is 0 Å². The lowest BCUT2D eigenvalue weighted by atomic mass is 10.2. The van der Waals surface area contributed by atoms with E-state index in [0.717, 1.165) is 4.68 Å². The van der Waals surface area contributed by atoms with E-state index in [0.29, 0.717) is 28.6 Å². The zero-order valence-corrected chi connectivity index (χ0v) is 15.3. The van der Waals surface area contributed by atoms with Crippen LogP contribution in [0.25, 0.3) is 17.1 Å². The molecule has 4 aromatic rings. The number of anilines is 1. The fraction of sp³-hybridized carbons (Fsp3) is 0.0476. The van der Waals surface area contributed by atoms with Crippen molar-refractivity contribution in [3.63, 3.8) is 0 Å². The highest BCUT2D eigenvalue weighted by Gasteiger charge is 2.12. The van der Waals surface area contributed by atoms with Crippen molar-refractivity contribution in [3.8, 4) is 17.1 Å². The van der Waals surface area contributed by atoms with Crippen LogP contribution in [0.2, 0.25) is 0 Å². The number of hydrogen-bond donors (Lipinski definition) is 1. The Balaban J connectivity index is 1.60. The normalized spacial score (nSPS) is 10.7. The molecule has 0 aliphatic heterocycles. The molecule has 8 heteroatoms. The van der Waals surface area contributed by atoms with Crippen molar-refractivity contribution in [2.24, 2.45) is 0 Å². The summed E-state index contributed by atoms with van der Waals surface area (Å²) in [6.45, 7) is 1.80. The van der Waals surface area contributed by atoms with Gasteiger partial charge in [-0.2, -0.15) is 9.78 Å². The monoisotopic (exact) mass is 390 g/mol. The number of halogens is 1. The van der Waals surface area contributed by atoms with E-state index < -0.39 is 17.3 Å². The van der Waals surface area contributed by atoms with Gasteiger partial charge in [0, 0.05) is 17.3 Å². The Labute approximate surface area is 164 Å². The number of carbonyl (C=O) groups is 1. The van der Waals surface area contributed by atoms with E-state index in [-0.39, 0.29) is 5.69 Å². The van der Waals surface area contributed by atoms with Gasteiger partial charge < -0.3 is 9.73 Å². The molecule has 2 heterocycles. The number of aromatic nitrogens is 3. The van der Waals surface area contributed by atoms with E-state index in [4.69, 9.17) is 4.42 Å². The fourth-order valence-electron chi connectivity index (χ4n) is 2.71. The maximum absolute atomic E-state index is 13.1. The van der Waals surface area contributed by atoms with Gasteiger partial charge in [0.1, 0.15) is 17.3 Å². The average molecular weight is 390 g/mol. The molecule has 0 saturated carbocycles. The van der Waals surface area contributed by atoms with Crippen molar-refractivity contribution in [1.29, 1.82) is 0 Å². The summed E-state index contributed by atoms with van der Waals surface area (Å²) < 4.78 is 19.7. The van der Waals surface area contributed by atoms with E-state index >= 15 is 0 Å². The SMILES string of the molecule is Cc1cnc(-c2cccc(NC(=O)c3ccc(=O)n(-c4ccc(F)cc4)n3)c2)o1. The van der Waals surface area contributed by atoms with Crippen LogP contribution in [0.5, 0.6) is 0 Å². The Bertz CT molecular complexity index is 1250. The van der Waals surface area contributed by atoms with E-state index in [1.807, 2.05) is 6.07 Å². The third kappa shape index (κ3) is 3.96. The van der Waals surface area contributed by atoms with Crippen LogP contribution in [-0.4, -0.2) is 20.7 Å². The molecule has 0 aliphatic carbocycles. The first-order valence-electron chi connectivity index (χ1n) is 8.70. The Morgan fingerprint density at radius 1 is 1.10 bits per heavy atom. The zero-order chi connectivity index (χ0) is 20.4. The van der Waals surface area contributed by atoms with Gasteiger partial charge in [0.05, 0.1) is 11.9 Å². The first-order valence-corrected chi connectivity index (χ1v) is 8.70. The lowest BCUT2D eigenvalue weighted by Crippen LogP contribution is -2.24. The molecule has 144 valence electrons. The molecule has 0 radical (unpaired) electrons. The molecule has 0 aliphatic rings. The summed E-state index contributed by atoms with van der Waals surface area (Å²) >= 11 is 0. The molecule has 0 atom stereocenters. The molecular weight excluding hydrogens is 375 g/mol. The number of oxazole rings is 1. The van der Waals surface area contributed by atoms with Gasteiger partial charge in [0.25, 0.3) is 11.5 Å². The third-order valence-corrected chi connectivity index (χ3v) is 4.09. The molecule has 4 rings (SSSR count). The summed E-state index contributed by atoms with van der Waals surface area (Å²) in [7, 11) is 0. The summed E-state index contributed by atoms with van der Waals surface area (Å²) in [5.74, 6) is 0.196. The topological polar surface area (TPSA) is 90.0 Å². The lowest BCUT2D eigenvalue weighted by molar-refractivity contribution is 0.102. The van der Waals surface area contributed by atoms with Crippen LogP contribution in [0.1, 0.15) is 16.2 Å². The van der Waals surface area contributed by atoms with Crippen molar-refractivity contribution in [1.82, 2.24) is 14.8 Å². The fourth-order valence-corrected chi connectivity index (χ4v) is 2.71. The number of aryl methyl sites for hydroxylation is 1. The van der Waals surface area contributed by atoms with Crippen molar-refractivity contribution < 1.29 is 13.6 Å². The minimum Gasteiger partial charge on any atom is -0.441 e. The molecule has 0 bridgehead atoms. The summed E-state index contributed by atoms with van der Waals surface area (Å²) in [6, 6.07) is 14.8. The number of nitrogens with one attached hydrogen (secondary N) is 1. The highest BCUT2D eigenvalue weighted by Crippen LogP contribution is 2.22. The molecule has 29 heavy (non-hydrogen) atoms. The van der Waals surface area contributed by atoms with E-state index in [9.17, 15) is 14.0 Å². The van der Waals surface area contributed by atoms with Gasteiger partial charge >= 0.3 is 0 Å². The highest BCUT2D eigenvalue weighted by atomic mass is 19.1. The summed E-state index contributed by atoms with van der Waals surface area (Å²) in [5.41, 5.74) is 1.18. The predicted molar refractivity (Wildman–Crippen MR) is 104 cm³/mol. The highest BCUT2D eigenvalue weighted by molar-refractivity contribution is 6.03. The van der Waals surface area contributed by atoms with E-state index in [1.165, 1.54) is 36.4 Å². The molecule has 2 aromatic heterocycles. The van der Waals surface area contributed by atoms with Gasteiger partial charge in [0.2, 0.25) is 5.89 Å². The van der Waals surface area contributed by atoms with Crippen molar-refractivity contribution in [3.05, 3.63) is 94.5 Å².